The average molecular weight is 407 g/mol. The maximum absolute atomic E-state index is 5.40. The Morgan fingerprint density at radius 1 is 1.30 bits per heavy atom. The molecule has 146 valence electrons. The highest BCUT2D eigenvalue weighted by molar-refractivity contribution is 7.98. The van der Waals surface area contributed by atoms with Gasteiger partial charge in [-0.3, -0.25) is 4.90 Å². The fraction of sp³-hybridized carbons (Fsp3) is 0.556. The molecule has 0 aliphatic carbocycles. The summed E-state index contributed by atoms with van der Waals surface area (Å²) < 4.78 is 7.65. The fourth-order valence-electron chi connectivity index (χ4n) is 2.91. The van der Waals surface area contributed by atoms with Gasteiger partial charge in [0.2, 0.25) is 11.7 Å². The van der Waals surface area contributed by atoms with Crippen LogP contribution in [-0.2, 0) is 12.3 Å². The second-order valence-electron chi connectivity index (χ2n) is 6.55. The van der Waals surface area contributed by atoms with E-state index >= 15 is 0 Å². The van der Waals surface area contributed by atoms with Gasteiger partial charge in [0, 0.05) is 17.5 Å². The zero-order valence-electron chi connectivity index (χ0n) is 16.3. The fourth-order valence-corrected chi connectivity index (χ4v) is 4.35. The molecule has 1 unspecified atom stereocenters. The molecule has 0 N–H and O–H groups in total. The summed E-state index contributed by atoms with van der Waals surface area (Å²) in [6.07, 6.45) is 3.23. The minimum atomic E-state index is 0.261. The lowest BCUT2D eigenvalue weighted by atomic mass is 10.2. The van der Waals surface area contributed by atoms with E-state index in [2.05, 4.69) is 57.7 Å². The Morgan fingerprint density at radius 2 is 2.15 bits per heavy atom. The molecule has 27 heavy (non-hydrogen) atoms. The minimum Gasteiger partial charge on any atom is -0.338 e. The molecule has 0 aromatic carbocycles. The van der Waals surface area contributed by atoms with Gasteiger partial charge < -0.3 is 9.09 Å². The summed E-state index contributed by atoms with van der Waals surface area (Å²) in [6.45, 7) is 5.31. The summed E-state index contributed by atoms with van der Waals surface area (Å²) in [5.74, 6) is 2.86. The van der Waals surface area contributed by atoms with Crippen molar-refractivity contribution in [2.45, 2.75) is 56.6 Å². The van der Waals surface area contributed by atoms with Gasteiger partial charge in [0.25, 0.3) is 0 Å². The van der Waals surface area contributed by atoms with E-state index in [1.165, 1.54) is 0 Å². The van der Waals surface area contributed by atoms with Gasteiger partial charge in [0.15, 0.2) is 11.0 Å². The molecule has 0 bridgehead atoms. The predicted octanol–water partition coefficient (Wildman–Crippen LogP) is 4.49. The van der Waals surface area contributed by atoms with E-state index in [0.29, 0.717) is 17.5 Å². The second kappa shape index (κ2) is 9.48. The van der Waals surface area contributed by atoms with Crippen molar-refractivity contribution in [1.82, 2.24) is 29.8 Å². The topological polar surface area (TPSA) is 72.9 Å². The molecule has 9 heteroatoms. The highest BCUT2D eigenvalue weighted by Crippen LogP contribution is 2.28. The van der Waals surface area contributed by atoms with E-state index in [4.69, 9.17) is 4.52 Å². The summed E-state index contributed by atoms with van der Waals surface area (Å²) in [5, 5.41) is 18.0. The largest absolute Gasteiger partial charge is 0.338 e. The van der Waals surface area contributed by atoms with Gasteiger partial charge in [-0.1, -0.05) is 37.2 Å². The molecule has 0 saturated heterocycles. The number of hydrogen-bond acceptors (Lipinski definition) is 8. The van der Waals surface area contributed by atoms with E-state index in [-0.39, 0.29) is 6.04 Å². The standard InChI is InChI=1S/C18H26N6OS2/c1-5-7-9-24-17(14(6-2)23(3)4)20-21-18(24)27-12-15-19-16(22-25-15)13-8-10-26-11-13/h8,10-11,14H,5-7,9,12H2,1-4H3. The lowest BCUT2D eigenvalue weighted by Gasteiger charge is -2.23. The van der Waals surface area contributed by atoms with Crippen molar-refractivity contribution < 1.29 is 4.52 Å². The van der Waals surface area contributed by atoms with Crippen LogP contribution in [0.15, 0.2) is 26.5 Å². The van der Waals surface area contributed by atoms with Crippen LogP contribution in [0.3, 0.4) is 0 Å². The van der Waals surface area contributed by atoms with Crippen molar-refractivity contribution in [1.29, 1.82) is 0 Å². The third-order valence-electron chi connectivity index (χ3n) is 4.36. The summed E-state index contributed by atoms with van der Waals surface area (Å²) >= 11 is 3.22. The van der Waals surface area contributed by atoms with Crippen molar-refractivity contribution in [2.75, 3.05) is 14.1 Å². The van der Waals surface area contributed by atoms with Gasteiger partial charge in [-0.2, -0.15) is 16.3 Å². The highest BCUT2D eigenvalue weighted by Gasteiger charge is 2.22. The molecule has 3 aromatic heterocycles. The minimum absolute atomic E-state index is 0.261. The van der Waals surface area contributed by atoms with Crippen molar-refractivity contribution in [2.24, 2.45) is 0 Å². The van der Waals surface area contributed by atoms with Gasteiger partial charge in [0.05, 0.1) is 11.8 Å². The molecular weight excluding hydrogens is 380 g/mol. The van der Waals surface area contributed by atoms with Crippen molar-refractivity contribution >= 4 is 23.1 Å². The Bertz CT molecular complexity index is 827. The van der Waals surface area contributed by atoms with Crippen LogP contribution in [0.25, 0.3) is 11.4 Å². The Hall–Kier alpha value is -1.71. The van der Waals surface area contributed by atoms with Crippen LogP contribution in [-0.4, -0.2) is 43.9 Å². The van der Waals surface area contributed by atoms with Crippen LogP contribution in [0.1, 0.15) is 50.9 Å². The van der Waals surface area contributed by atoms with E-state index < -0.39 is 0 Å². The van der Waals surface area contributed by atoms with Crippen LogP contribution in [0.2, 0.25) is 0 Å². The lowest BCUT2D eigenvalue weighted by Crippen LogP contribution is -2.23. The van der Waals surface area contributed by atoms with Crippen molar-refractivity contribution in [3.05, 3.63) is 28.5 Å². The molecule has 0 spiro atoms. The van der Waals surface area contributed by atoms with Gasteiger partial charge in [-0.05, 0) is 38.4 Å². The molecule has 1 atom stereocenters. The molecule has 3 aromatic rings. The summed E-state index contributed by atoms with van der Waals surface area (Å²) in [5.41, 5.74) is 0.991. The first-order chi connectivity index (χ1) is 13.1. The SMILES string of the molecule is CCCCn1c(SCc2nc(-c3ccsc3)no2)nnc1C(CC)N(C)C. The van der Waals surface area contributed by atoms with E-state index in [1.54, 1.807) is 23.1 Å². The van der Waals surface area contributed by atoms with Crippen LogP contribution in [0, 0.1) is 0 Å². The molecule has 0 saturated carbocycles. The maximum Gasteiger partial charge on any atom is 0.237 e. The molecular formula is C18H26N6OS2. The average Bonchev–Trinajstić information content (AvgIpc) is 3.39. The summed E-state index contributed by atoms with van der Waals surface area (Å²) in [7, 11) is 4.18. The molecule has 0 amide bonds. The normalized spacial score (nSPS) is 12.8. The van der Waals surface area contributed by atoms with Gasteiger partial charge >= 0.3 is 0 Å². The van der Waals surface area contributed by atoms with E-state index in [0.717, 1.165) is 42.4 Å². The van der Waals surface area contributed by atoms with Gasteiger partial charge in [-0.15, -0.1) is 10.2 Å². The Morgan fingerprint density at radius 3 is 2.81 bits per heavy atom. The monoisotopic (exact) mass is 406 g/mol. The first kappa shape index (κ1) is 20.0. The first-order valence-corrected chi connectivity index (χ1v) is 11.1. The van der Waals surface area contributed by atoms with Crippen LogP contribution >= 0.6 is 23.1 Å². The zero-order chi connectivity index (χ0) is 19.2. The maximum atomic E-state index is 5.40. The van der Waals surface area contributed by atoms with Gasteiger partial charge in [-0.25, -0.2) is 0 Å². The predicted molar refractivity (Wildman–Crippen MR) is 109 cm³/mol. The number of aromatic nitrogens is 5. The third kappa shape index (κ3) is 4.77. The van der Waals surface area contributed by atoms with Gasteiger partial charge in [0.1, 0.15) is 0 Å². The molecule has 3 heterocycles. The lowest BCUT2D eigenvalue weighted by molar-refractivity contribution is 0.270. The number of nitrogens with zero attached hydrogens (tertiary/aromatic N) is 6. The van der Waals surface area contributed by atoms with Crippen LogP contribution in [0.5, 0.6) is 0 Å². The first-order valence-electron chi connectivity index (χ1n) is 9.21. The quantitative estimate of drug-likeness (QED) is 0.459. The molecule has 7 nitrogen and oxygen atoms in total. The smallest absolute Gasteiger partial charge is 0.237 e. The number of rotatable bonds is 10. The Kier molecular flexibility index (Phi) is 7.03. The van der Waals surface area contributed by atoms with Crippen LogP contribution in [0.4, 0.5) is 0 Å². The molecule has 0 aliphatic rings. The number of unbranched alkanes of at least 4 members (excludes halogenated alkanes) is 1. The third-order valence-corrected chi connectivity index (χ3v) is 6.00. The Balaban J connectivity index is 1.75. The van der Waals surface area contributed by atoms with E-state index in [1.807, 2.05) is 16.8 Å². The molecule has 0 radical (unpaired) electrons. The molecule has 0 aliphatic heterocycles. The highest BCUT2D eigenvalue weighted by atomic mass is 32.2. The van der Waals surface area contributed by atoms with E-state index in [9.17, 15) is 0 Å². The summed E-state index contributed by atoms with van der Waals surface area (Å²) in [6, 6.07) is 2.25. The molecule has 3 rings (SSSR count). The number of thiophene rings is 1. The molecule has 0 fully saturated rings. The summed E-state index contributed by atoms with van der Waals surface area (Å²) in [4.78, 5) is 6.69. The Labute approximate surface area is 168 Å². The number of hydrogen-bond donors (Lipinski definition) is 0. The van der Waals surface area contributed by atoms with Crippen molar-refractivity contribution in [3.8, 4) is 11.4 Å². The zero-order valence-corrected chi connectivity index (χ0v) is 17.9. The second-order valence-corrected chi connectivity index (χ2v) is 8.27. The van der Waals surface area contributed by atoms with Crippen molar-refractivity contribution in [3.63, 3.8) is 0 Å². The van der Waals surface area contributed by atoms with Crippen LogP contribution < -0.4 is 0 Å². The number of thioether (sulfide) groups is 1.